The Morgan fingerprint density at radius 3 is 1.72 bits per heavy atom. The molecule has 0 saturated carbocycles. The fourth-order valence-corrected chi connectivity index (χ4v) is 2.51. The molecule has 0 aliphatic rings. The second kappa shape index (κ2) is 5.52. The highest BCUT2D eigenvalue weighted by Crippen LogP contribution is 2.47. The van der Waals surface area contributed by atoms with Crippen molar-refractivity contribution in [2.75, 3.05) is 0 Å². The largest absolute Gasteiger partial charge is 0.481 e. The van der Waals surface area contributed by atoms with Crippen molar-refractivity contribution in [2.24, 2.45) is 17.3 Å². The lowest BCUT2D eigenvalue weighted by Gasteiger charge is -2.46. The van der Waals surface area contributed by atoms with Crippen LogP contribution in [-0.2, 0) is 9.59 Å². The van der Waals surface area contributed by atoms with Gasteiger partial charge in [-0.15, -0.1) is 6.58 Å². The van der Waals surface area contributed by atoms with E-state index in [4.69, 9.17) is 0 Å². The summed E-state index contributed by atoms with van der Waals surface area (Å²) < 4.78 is 0. The van der Waals surface area contributed by atoms with E-state index in [9.17, 15) is 24.9 Å². The van der Waals surface area contributed by atoms with Crippen molar-refractivity contribution in [3.05, 3.63) is 12.7 Å². The number of hydrogen-bond donors (Lipinski definition) is 3. The summed E-state index contributed by atoms with van der Waals surface area (Å²) in [6.07, 6.45) is 1.23. The van der Waals surface area contributed by atoms with E-state index in [1.807, 2.05) is 0 Å². The number of carbonyl (C=O) groups is 2. The SMILES string of the molecule is C=CC[C@@](C(=O)O)(C(C)C)[C@](O)(C(=O)O)C(C)C. The third-order valence-electron chi connectivity index (χ3n) is 3.68. The van der Waals surface area contributed by atoms with Crippen LogP contribution in [0.3, 0.4) is 0 Å². The molecule has 0 saturated heterocycles. The summed E-state index contributed by atoms with van der Waals surface area (Å²) in [5.41, 5.74) is -4.14. The molecule has 5 heteroatoms. The van der Waals surface area contributed by atoms with Crippen molar-refractivity contribution in [1.29, 1.82) is 0 Å². The quantitative estimate of drug-likeness (QED) is 0.605. The molecule has 0 aromatic rings. The second-order valence-corrected chi connectivity index (χ2v) is 5.15. The molecule has 0 aromatic carbocycles. The maximum Gasteiger partial charge on any atom is 0.337 e. The van der Waals surface area contributed by atoms with Crippen molar-refractivity contribution >= 4 is 11.9 Å². The summed E-state index contributed by atoms with van der Waals surface area (Å²) in [7, 11) is 0. The van der Waals surface area contributed by atoms with E-state index < -0.39 is 34.8 Å². The maximum atomic E-state index is 11.6. The molecule has 0 aliphatic carbocycles. The van der Waals surface area contributed by atoms with Gasteiger partial charge in [-0.05, 0) is 18.3 Å². The molecule has 0 amide bonds. The van der Waals surface area contributed by atoms with E-state index in [-0.39, 0.29) is 6.42 Å². The lowest BCUT2D eigenvalue weighted by molar-refractivity contribution is -0.204. The fourth-order valence-electron chi connectivity index (χ4n) is 2.51. The van der Waals surface area contributed by atoms with Crippen LogP contribution >= 0.6 is 0 Å². The summed E-state index contributed by atoms with van der Waals surface area (Å²) in [5.74, 6) is -4.14. The summed E-state index contributed by atoms with van der Waals surface area (Å²) in [5, 5.41) is 29.3. The van der Waals surface area contributed by atoms with Crippen LogP contribution in [-0.4, -0.2) is 32.9 Å². The standard InChI is InChI=1S/C13H22O5/c1-6-7-12(8(2)3,10(14)15)13(18,9(4)5)11(16)17/h6,8-9,18H,1,7H2,2-5H3,(H,14,15)(H,16,17)/t12-,13+/m0/s1. The van der Waals surface area contributed by atoms with Crippen LogP contribution in [0.15, 0.2) is 12.7 Å². The Morgan fingerprint density at radius 1 is 1.11 bits per heavy atom. The minimum absolute atomic E-state index is 0.110. The summed E-state index contributed by atoms with van der Waals surface area (Å²) >= 11 is 0. The monoisotopic (exact) mass is 258 g/mol. The van der Waals surface area contributed by atoms with E-state index in [1.54, 1.807) is 13.8 Å². The Kier molecular flexibility index (Phi) is 5.10. The maximum absolute atomic E-state index is 11.6. The zero-order chi connectivity index (χ0) is 14.7. The molecule has 0 spiro atoms. The first kappa shape index (κ1) is 16.6. The van der Waals surface area contributed by atoms with Gasteiger partial charge in [0, 0.05) is 0 Å². The molecule has 0 unspecified atom stereocenters. The van der Waals surface area contributed by atoms with E-state index >= 15 is 0 Å². The van der Waals surface area contributed by atoms with Crippen molar-refractivity contribution < 1.29 is 24.9 Å². The molecule has 2 atom stereocenters. The molecular formula is C13H22O5. The number of aliphatic hydroxyl groups is 1. The average Bonchev–Trinajstić information content (AvgIpc) is 2.22. The van der Waals surface area contributed by atoms with E-state index in [0.29, 0.717) is 0 Å². The Labute approximate surface area is 107 Å². The molecule has 0 aliphatic heterocycles. The molecular weight excluding hydrogens is 236 g/mol. The van der Waals surface area contributed by atoms with Gasteiger partial charge in [-0.1, -0.05) is 33.8 Å². The fraction of sp³-hybridized carbons (Fsp3) is 0.692. The Bertz CT molecular complexity index is 347. The summed E-state index contributed by atoms with van der Waals surface area (Å²) in [6, 6.07) is 0. The van der Waals surface area contributed by atoms with Gasteiger partial charge in [-0.2, -0.15) is 0 Å². The van der Waals surface area contributed by atoms with Crippen molar-refractivity contribution in [3.8, 4) is 0 Å². The highest BCUT2D eigenvalue weighted by Gasteiger charge is 2.63. The highest BCUT2D eigenvalue weighted by atomic mass is 16.4. The normalized spacial score (nSPS) is 18.2. The molecule has 0 radical (unpaired) electrons. The average molecular weight is 258 g/mol. The summed E-state index contributed by atoms with van der Waals surface area (Å²) in [4.78, 5) is 23.1. The second-order valence-electron chi connectivity index (χ2n) is 5.15. The van der Waals surface area contributed by atoms with E-state index in [0.717, 1.165) is 0 Å². The van der Waals surface area contributed by atoms with E-state index in [1.165, 1.54) is 19.9 Å². The van der Waals surface area contributed by atoms with Crippen LogP contribution < -0.4 is 0 Å². The van der Waals surface area contributed by atoms with Crippen LogP contribution in [0.5, 0.6) is 0 Å². The minimum Gasteiger partial charge on any atom is -0.481 e. The molecule has 5 nitrogen and oxygen atoms in total. The number of carboxylic acids is 2. The van der Waals surface area contributed by atoms with Gasteiger partial charge in [0.2, 0.25) is 0 Å². The molecule has 104 valence electrons. The minimum atomic E-state index is -2.35. The van der Waals surface area contributed by atoms with Crippen LogP contribution in [0.4, 0.5) is 0 Å². The number of rotatable bonds is 7. The number of aliphatic carboxylic acids is 2. The third-order valence-corrected chi connectivity index (χ3v) is 3.68. The molecule has 0 rings (SSSR count). The first-order valence-electron chi connectivity index (χ1n) is 5.89. The Hall–Kier alpha value is -1.36. The van der Waals surface area contributed by atoms with Gasteiger partial charge < -0.3 is 15.3 Å². The molecule has 0 aromatic heterocycles. The predicted octanol–water partition coefficient (Wildman–Crippen LogP) is 1.76. The lowest BCUT2D eigenvalue weighted by atomic mass is 9.59. The molecule has 18 heavy (non-hydrogen) atoms. The zero-order valence-corrected chi connectivity index (χ0v) is 11.3. The van der Waals surface area contributed by atoms with Crippen molar-refractivity contribution in [2.45, 2.75) is 39.7 Å². The molecule has 0 heterocycles. The Balaban J connectivity index is 6.19. The third kappa shape index (κ3) is 2.14. The van der Waals surface area contributed by atoms with Gasteiger partial charge >= 0.3 is 11.9 Å². The van der Waals surface area contributed by atoms with Gasteiger partial charge in [0.25, 0.3) is 0 Å². The topological polar surface area (TPSA) is 94.8 Å². The van der Waals surface area contributed by atoms with E-state index in [2.05, 4.69) is 6.58 Å². The zero-order valence-electron chi connectivity index (χ0n) is 11.3. The number of hydrogen-bond acceptors (Lipinski definition) is 3. The Morgan fingerprint density at radius 2 is 1.56 bits per heavy atom. The predicted molar refractivity (Wildman–Crippen MR) is 67.1 cm³/mol. The molecule has 3 N–H and O–H groups in total. The van der Waals surface area contributed by atoms with Gasteiger partial charge in [0.15, 0.2) is 5.60 Å². The van der Waals surface area contributed by atoms with Crippen molar-refractivity contribution in [1.82, 2.24) is 0 Å². The molecule has 0 bridgehead atoms. The van der Waals surface area contributed by atoms with Gasteiger partial charge in [0.05, 0.1) is 0 Å². The summed E-state index contributed by atoms with van der Waals surface area (Å²) in [6.45, 7) is 9.65. The van der Waals surface area contributed by atoms with Gasteiger partial charge in [0.1, 0.15) is 5.41 Å². The van der Waals surface area contributed by atoms with Crippen LogP contribution in [0.1, 0.15) is 34.1 Å². The van der Waals surface area contributed by atoms with Gasteiger partial charge in [-0.25, -0.2) is 4.79 Å². The smallest absolute Gasteiger partial charge is 0.337 e. The van der Waals surface area contributed by atoms with Crippen LogP contribution in [0, 0.1) is 17.3 Å². The first-order valence-corrected chi connectivity index (χ1v) is 5.89. The highest BCUT2D eigenvalue weighted by molar-refractivity contribution is 5.89. The van der Waals surface area contributed by atoms with Crippen molar-refractivity contribution in [3.63, 3.8) is 0 Å². The molecule has 0 fully saturated rings. The van der Waals surface area contributed by atoms with Crippen LogP contribution in [0.2, 0.25) is 0 Å². The first-order chi connectivity index (χ1) is 8.08. The van der Waals surface area contributed by atoms with Gasteiger partial charge in [-0.3, -0.25) is 4.79 Å². The lowest BCUT2D eigenvalue weighted by Crippen LogP contribution is -2.63. The number of allylic oxidation sites excluding steroid dienone is 1. The van der Waals surface area contributed by atoms with Crippen LogP contribution in [0.25, 0.3) is 0 Å². The number of carboxylic acid groups (broad SMARTS) is 2.